The van der Waals surface area contributed by atoms with Crippen LogP contribution < -0.4 is 32.6 Å². The van der Waals surface area contributed by atoms with Crippen LogP contribution in [-0.4, -0.2) is 62.1 Å². The van der Waals surface area contributed by atoms with Gasteiger partial charge in [0, 0.05) is 45.4 Å². The molecule has 0 radical (unpaired) electrons. The summed E-state index contributed by atoms with van der Waals surface area (Å²) in [5.74, 6) is -2.14. The van der Waals surface area contributed by atoms with E-state index in [4.69, 9.17) is 20.2 Å². The van der Waals surface area contributed by atoms with E-state index in [9.17, 15) is 29.1 Å². The molecular weight excluding hydrogens is 1090 g/mol. The number of nitrogens with two attached hydrogens (primary N) is 1. The van der Waals surface area contributed by atoms with Crippen molar-refractivity contribution < 1.29 is 38.1 Å². The van der Waals surface area contributed by atoms with E-state index in [1.54, 1.807) is 44.2 Å². The average Bonchev–Trinajstić information content (AvgIpc) is 1.88. The van der Waals surface area contributed by atoms with Crippen molar-refractivity contribution in [2.24, 2.45) is 5.73 Å². The second kappa shape index (κ2) is 23.6. The molecule has 8 N–H and O–H groups in total. The number of rotatable bonds is 19. The zero-order valence-corrected chi connectivity index (χ0v) is 48.1. The van der Waals surface area contributed by atoms with Crippen LogP contribution in [0.2, 0.25) is 0 Å². The number of fused-ring (bicyclic) bond motifs is 6. The minimum atomic E-state index is -2.03. The number of alkyl carbamates (subject to hydrolysis) is 1. The fourth-order valence-electron chi connectivity index (χ4n) is 12.9. The van der Waals surface area contributed by atoms with Gasteiger partial charge in [-0.15, -0.1) is 0 Å². The van der Waals surface area contributed by atoms with Gasteiger partial charge in [-0.3, -0.25) is 19.7 Å². The maximum absolute atomic E-state index is 15.6. The number of unbranched alkanes of at least 4 members (excludes halogenated alkanes) is 1. The Morgan fingerprint density at radius 1 is 0.872 bits per heavy atom. The van der Waals surface area contributed by atoms with Crippen molar-refractivity contribution in [2.75, 3.05) is 11.9 Å². The number of carbonyl (C=O) groups excluding carboxylic acids is 4. The number of hydrogen-bond acceptors (Lipinski definition) is 11. The summed E-state index contributed by atoms with van der Waals surface area (Å²) in [4.78, 5) is 77.3. The molecule has 2 aliphatic heterocycles. The second-order valence-electron chi connectivity index (χ2n) is 22.8. The largest absolute Gasteiger partial charge is 0.458 e. The lowest BCUT2D eigenvalue weighted by Crippen LogP contribution is -2.50. The molecule has 3 aliphatic rings. The number of nitrogens with one attached hydrogen (secondary N) is 5. The molecule has 16 nitrogen and oxygen atoms in total. The highest BCUT2D eigenvalue weighted by Crippen LogP contribution is 2.46. The van der Waals surface area contributed by atoms with E-state index in [0.29, 0.717) is 88.9 Å². The van der Waals surface area contributed by atoms with Crippen molar-refractivity contribution in [3.05, 3.63) is 235 Å². The summed E-state index contributed by atoms with van der Waals surface area (Å²) in [5.41, 5.74) is 14.8. The third kappa shape index (κ3) is 10.6. The molecule has 9 aromatic rings. The van der Waals surface area contributed by atoms with Gasteiger partial charge >= 0.3 is 12.1 Å². The number of ether oxygens (including phenoxy) is 2. The first-order valence-electron chi connectivity index (χ1n) is 29.3. The number of aromatic amines is 1. The molecule has 0 fully saturated rings. The summed E-state index contributed by atoms with van der Waals surface area (Å²) in [6.45, 7) is 5.68. The van der Waals surface area contributed by atoms with E-state index in [-0.39, 0.29) is 43.7 Å². The number of nitrogens with zero attached hydrogens (tertiary/aromatic N) is 2. The predicted octanol–water partition coefficient (Wildman–Crippen LogP) is 9.98. The number of amides is 3. The Labute approximate surface area is 496 Å². The van der Waals surface area contributed by atoms with Crippen molar-refractivity contribution >= 4 is 51.4 Å². The van der Waals surface area contributed by atoms with Gasteiger partial charge in [0.05, 0.1) is 46.6 Å². The van der Waals surface area contributed by atoms with E-state index >= 15 is 4.39 Å². The lowest BCUT2D eigenvalue weighted by Gasteiger charge is -2.37. The van der Waals surface area contributed by atoms with E-state index < -0.39 is 64.5 Å². The Bertz CT molecular complexity index is 4110. The van der Waals surface area contributed by atoms with Gasteiger partial charge in [0.25, 0.3) is 5.56 Å². The molecule has 438 valence electrons. The molecule has 6 aromatic carbocycles. The zero-order chi connectivity index (χ0) is 59.9. The minimum Gasteiger partial charge on any atom is -0.458 e. The Kier molecular flexibility index (Phi) is 15.7. The Hall–Kier alpha value is -9.29. The Morgan fingerprint density at radius 3 is 2.29 bits per heavy atom. The molecule has 0 saturated carbocycles. The van der Waals surface area contributed by atoms with Gasteiger partial charge in [0.1, 0.15) is 25.1 Å². The first-order valence-corrected chi connectivity index (χ1v) is 29.3. The summed E-state index contributed by atoms with van der Waals surface area (Å²) in [7, 11) is 0. The number of halogens is 1. The number of anilines is 1. The number of cyclic esters (lactones) is 1. The standard InChI is InChI=1S/C69H67FN8O8/c1-4-68(84)52-34-59-62-50(37-78(59)65(81)51(52)39-85-66(68)82)61-56(31-30-48-41(3)53(70)35-58(75-62)60(48)61)77-67(83)86-38-42-24-28-47(29-25-42)74-64(80)57(76-63(79)54(71)33-43-36-72-55-20-12-11-19-49(43)55)21-13-14-32-73-69(44-15-7-5-8-16-44,45-17-9-6-10-18-45)46-26-22-40(2)23-27-46/h5-12,15-20,22-29,34-36,54,56-57,72-73,84H,4,13-14,21,30-33,37-39,71H2,1-3H3,(H,74,80)(H,76,79)(H,77,83)/t54-,56-,57-,68-/m0/s1. The Balaban J connectivity index is 0.734. The molecule has 0 spiro atoms. The molecule has 86 heavy (non-hydrogen) atoms. The maximum atomic E-state index is 15.6. The van der Waals surface area contributed by atoms with Crippen LogP contribution in [0, 0.1) is 19.7 Å². The maximum Gasteiger partial charge on any atom is 0.407 e. The van der Waals surface area contributed by atoms with Crippen molar-refractivity contribution in [2.45, 2.75) is 115 Å². The van der Waals surface area contributed by atoms with E-state index in [1.165, 1.54) is 10.6 Å². The molecule has 3 aromatic heterocycles. The average molecular weight is 1160 g/mol. The van der Waals surface area contributed by atoms with Crippen molar-refractivity contribution in [1.82, 2.24) is 30.5 Å². The number of esters is 1. The molecule has 4 atom stereocenters. The second-order valence-corrected chi connectivity index (χ2v) is 22.8. The van der Waals surface area contributed by atoms with Crippen LogP contribution in [0.4, 0.5) is 14.9 Å². The third-order valence-corrected chi connectivity index (χ3v) is 17.6. The molecule has 17 heteroatoms. The Morgan fingerprint density at radius 2 is 1.57 bits per heavy atom. The lowest BCUT2D eigenvalue weighted by molar-refractivity contribution is -0.172. The van der Waals surface area contributed by atoms with Crippen LogP contribution >= 0.6 is 0 Å². The first kappa shape index (κ1) is 57.2. The monoisotopic (exact) mass is 1150 g/mol. The van der Waals surface area contributed by atoms with Crippen molar-refractivity contribution in [3.8, 4) is 11.4 Å². The van der Waals surface area contributed by atoms with Crippen molar-refractivity contribution in [1.29, 1.82) is 0 Å². The molecule has 0 bridgehead atoms. The molecule has 3 amide bonds. The summed E-state index contributed by atoms with van der Waals surface area (Å²) >= 11 is 0. The van der Waals surface area contributed by atoms with Gasteiger partial charge in [-0.25, -0.2) is 19.0 Å². The summed E-state index contributed by atoms with van der Waals surface area (Å²) < 4.78 is 28.2. The van der Waals surface area contributed by atoms with Crippen LogP contribution in [0.25, 0.3) is 33.2 Å². The smallest absolute Gasteiger partial charge is 0.407 e. The minimum absolute atomic E-state index is 0.0256. The van der Waals surface area contributed by atoms with Crippen LogP contribution in [-0.2, 0) is 67.6 Å². The quantitative estimate of drug-likeness (QED) is 0.0229. The lowest BCUT2D eigenvalue weighted by atomic mass is 9.76. The molecule has 0 saturated heterocycles. The fourth-order valence-corrected chi connectivity index (χ4v) is 12.9. The van der Waals surface area contributed by atoms with Gasteiger partial charge in [-0.05, 0) is 134 Å². The number of pyridine rings is 2. The summed E-state index contributed by atoms with van der Waals surface area (Å²) in [6, 6.07) is 44.5. The summed E-state index contributed by atoms with van der Waals surface area (Å²) in [5, 5.41) is 26.1. The normalized spacial score (nSPS) is 16.6. The molecule has 5 heterocycles. The fraction of sp³-hybridized carbons (Fsp3) is 0.275. The van der Waals surface area contributed by atoms with E-state index in [2.05, 4.69) is 81.7 Å². The van der Waals surface area contributed by atoms with Crippen LogP contribution in [0.5, 0.6) is 0 Å². The van der Waals surface area contributed by atoms with E-state index in [1.807, 2.05) is 66.9 Å². The highest BCUT2D eigenvalue weighted by atomic mass is 19.1. The SMILES string of the molecule is CC[C@@]1(O)C(=O)OCc2c1cc1n(c2=O)Cc2c-1nc1cc(F)c(C)c3c1c2[C@@H](NC(=O)OCc1ccc(NC(=O)[C@H](CCCCNC(c2ccccc2)(c2ccccc2)c2ccc(C)cc2)NC(=O)[C@@H](N)Cc2c[nH]c4ccccc24)cc1)CC3. The predicted molar refractivity (Wildman–Crippen MR) is 326 cm³/mol. The molecular formula is C69H67FN8O8. The number of aryl methyl sites for hydroxylation is 2. The van der Waals surface area contributed by atoms with Gasteiger partial charge in [0.2, 0.25) is 11.8 Å². The van der Waals surface area contributed by atoms with Gasteiger partial charge in [-0.2, -0.15) is 0 Å². The number of aliphatic hydroxyl groups is 1. The van der Waals surface area contributed by atoms with Crippen LogP contribution in [0.15, 0.2) is 157 Å². The van der Waals surface area contributed by atoms with Gasteiger partial charge < -0.3 is 45.8 Å². The number of benzene rings is 6. The highest BCUT2D eigenvalue weighted by Gasteiger charge is 2.46. The highest BCUT2D eigenvalue weighted by molar-refractivity contribution is 5.98. The molecule has 0 unspecified atom stereocenters. The van der Waals surface area contributed by atoms with Gasteiger partial charge in [0.15, 0.2) is 5.60 Å². The first-order chi connectivity index (χ1) is 41.6. The van der Waals surface area contributed by atoms with Crippen LogP contribution in [0.3, 0.4) is 0 Å². The number of aromatic nitrogens is 3. The van der Waals surface area contributed by atoms with Gasteiger partial charge in [-0.1, -0.05) is 128 Å². The van der Waals surface area contributed by atoms with E-state index in [0.717, 1.165) is 44.3 Å². The third-order valence-electron chi connectivity index (χ3n) is 17.6. The number of carbonyl (C=O) groups is 4. The summed E-state index contributed by atoms with van der Waals surface area (Å²) in [6.07, 6.45) is 3.78. The molecule has 12 rings (SSSR count). The zero-order valence-electron chi connectivity index (χ0n) is 48.1. The van der Waals surface area contributed by atoms with Crippen molar-refractivity contribution in [3.63, 3.8) is 0 Å². The number of hydrogen-bond donors (Lipinski definition) is 7. The van der Waals surface area contributed by atoms with Crippen LogP contribution in [0.1, 0.15) is 112 Å². The topological polar surface area (TPSA) is 232 Å². The number of H-pyrrole nitrogens is 1. The number of para-hydroxylation sites is 1. The molecule has 1 aliphatic carbocycles.